The third-order valence-electron chi connectivity index (χ3n) is 7.18. The number of hydrogen-bond acceptors (Lipinski definition) is 5. The van der Waals surface area contributed by atoms with E-state index in [0.29, 0.717) is 24.9 Å². The molecule has 8 nitrogen and oxygen atoms in total. The third-order valence-corrected chi connectivity index (χ3v) is 7.18. The lowest BCUT2D eigenvalue weighted by molar-refractivity contribution is -0.126. The van der Waals surface area contributed by atoms with Gasteiger partial charge in [-0.2, -0.15) is 5.10 Å². The summed E-state index contributed by atoms with van der Waals surface area (Å²) in [5, 5.41) is 10.8. The highest BCUT2D eigenvalue weighted by Gasteiger charge is 2.38. The van der Waals surface area contributed by atoms with Gasteiger partial charge in [0.25, 0.3) is 5.91 Å². The van der Waals surface area contributed by atoms with Crippen molar-refractivity contribution in [2.75, 3.05) is 0 Å². The molecule has 1 aromatic heterocycles. The second-order valence-corrected chi connectivity index (χ2v) is 9.53. The van der Waals surface area contributed by atoms with Crippen LogP contribution < -0.4 is 15.4 Å². The van der Waals surface area contributed by atoms with Gasteiger partial charge in [-0.1, -0.05) is 13.0 Å². The Kier molecular flexibility index (Phi) is 6.41. The van der Waals surface area contributed by atoms with Crippen molar-refractivity contribution in [1.82, 2.24) is 25.3 Å². The molecule has 3 aliphatic rings. The maximum absolute atomic E-state index is 13.0. The van der Waals surface area contributed by atoms with E-state index >= 15 is 0 Å². The molecule has 1 unspecified atom stereocenters. The molecule has 2 amide bonds. The molecule has 2 N–H and O–H groups in total. The lowest BCUT2D eigenvalue weighted by atomic mass is 9.92. The molecule has 3 heterocycles. The molecule has 1 saturated carbocycles. The zero-order valence-corrected chi connectivity index (χ0v) is 19.8. The number of piperidine rings is 1. The van der Waals surface area contributed by atoms with E-state index in [-0.39, 0.29) is 24.0 Å². The highest BCUT2D eigenvalue weighted by atomic mass is 16.5. The number of aryl methyl sites for hydroxylation is 1. The van der Waals surface area contributed by atoms with Crippen molar-refractivity contribution in [1.29, 1.82) is 0 Å². The summed E-state index contributed by atoms with van der Waals surface area (Å²) in [6.07, 6.45) is 9.80. The number of nitrogens with zero attached hydrogens (tertiary/aromatic N) is 3. The minimum Gasteiger partial charge on any atom is -0.489 e. The molecule has 3 atom stereocenters. The molecule has 0 spiro atoms. The number of hydrogen-bond donors (Lipinski definition) is 2. The first-order chi connectivity index (χ1) is 16.5. The molecule has 2 fully saturated rings. The van der Waals surface area contributed by atoms with Crippen LogP contribution in [-0.4, -0.2) is 44.7 Å². The van der Waals surface area contributed by atoms with Crippen molar-refractivity contribution in [2.45, 2.75) is 83.3 Å². The average molecular weight is 464 g/mol. The largest absolute Gasteiger partial charge is 0.489 e. The summed E-state index contributed by atoms with van der Waals surface area (Å²) in [5.74, 6) is 0.556. The SMILES string of the molecule is C=C1CCC(N2Cc3cc(O[C@H]4CCCC[C@@H]4NCc4cnn(CC)c4)ccc3C2=O)C(=O)N1. The van der Waals surface area contributed by atoms with Crippen LogP contribution in [0.5, 0.6) is 5.75 Å². The molecule has 1 saturated heterocycles. The van der Waals surface area contributed by atoms with Crippen molar-refractivity contribution in [2.24, 2.45) is 0 Å². The van der Waals surface area contributed by atoms with Crippen molar-refractivity contribution >= 4 is 11.8 Å². The molecule has 1 aromatic carbocycles. The van der Waals surface area contributed by atoms with Crippen molar-refractivity contribution in [3.8, 4) is 5.75 Å². The Hall–Kier alpha value is -3.13. The molecule has 180 valence electrons. The van der Waals surface area contributed by atoms with Crippen LogP contribution in [0.1, 0.15) is 66.9 Å². The van der Waals surface area contributed by atoms with E-state index < -0.39 is 6.04 Å². The topological polar surface area (TPSA) is 88.5 Å². The fraction of sp³-hybridized carbons (Fsp3) is 0.500. The predicted molar refractivity (Wildman–Crippen MR) is 128 cm³/mol. The van der Waals surface area contributed by atoms with Gasteiger partial charge in [0.05, 0.1) is 6.20 Å². The lowest BCUT2D eigenvalue weighted by Crippen LogP contribution is -2.49. The number of benzene rings is 1. The fourth-order valence-electron chi connectivity index (χ4n) is 5.27. The van der Waals surface area contributed by atoms with Gasteiger partial charge in [0.2, 0.25) is 5.91 Å². The van der Waals surface area contributed by atoms with Crippen LogP contribution in [0, 0.1) is 0 Å². The Morgan fingerprint density at radius 1 is 1.24 bits per heavy atom. The highest BCUT2D eigenvalue weighted by molar-refractivity contribution is 6.01. The number of rotatable bonds is 7. The molecule has 2 aromatic rings. The number of allylic oxidation sites excluding steroid dienone is 1. The summed E-state index contributed by atoms with van der Waals surface area (Å²) < 4.78 is 8.39. The van der Waals surface area contributed by atoms with E-state index in [9.17, 15) is 9.59 Å². The van der Waals surface area contributed by atoms with Crippen LogP contribution in [-0.2, 0) is 24.4 Å². The number of fused-ring (bicyclic) bond motifs is 1. The van der Waals surface area contributed by atoms with Gasteiger partial charge < -0.3 is 20.3 Å². The van der Waals surface area contributed by atoms with E-state index in [1.807, 2.05) is 29.1 Å². The lowest BCUT2D eigenvalue weighted by Gasteiger charge is -2.32. The van der Waals surface area contributed by atoms with E-state index in [1.165, 1.54) is 12.0 Å². The maximum Gasteiger partial charge on any atom is 0.255 e. The molecule has 2 aliphatic heterocycles. The Morgan fingerprint density at radius 3 is 2.88 bits per heavy atom. The quantitative estimate of drug-likeness (QED) is 0.659. The zero-order chi connectivity index (χ0) is 23.7. The molecule has 0 bridgehead atoms. The summed E-state index contributed by atoms with van der Waals surface area (Å²) in [7, 11) is 0. The molecule has 5 rings (SSSR count). The van der Waals surface area contributed by atoms with Crippen LogP contribution in [0.2, 0.25) is 0 Å². The number of ether oxygens (including phenoxy) is 1. The van der Waals surface area contributed by atoms with Crippen molar-refractivity contribution in [3.63, 3.8) is 0 Å². The van der Waals surface area contributed by atoms with Crippen LogP contribution in [0.3, 0.4) is 0 Å². The van der Waals surface area contributed by atoms with E-state index in [4.69, 9.17) is 4.74 Å². The van der Waals surface area contributed by atoms with Crippen molar-refractivity contribution < 1.29 is 14.3 Å². The van der Waals surface area contributed by atoms with Gasteiger partial charge in [-0.3, -0.25) is 14.3 Å². The molecule has 0 radical (unpaired) electrons. The summed E-state index contributed by atoms with van der Waals surface area (Å²) >= 11 is 0. The number of amides is 2. The van der Waals surface area contributed by atoms with Gasteiger partial charge in [0.15, 0.2) is 0 Å². The predicted octanol–water partition coefficient (Wildman–Crippen LogP) is 3.13. The molecule has 34 heavy (non-hydrogen) atoms. The van der Waals surface area contributed by atoms with Gasteiger partial charge in [-0.05, 0) is 62.8 Å². The van der Waals surface area contributed by atoms with E-state index in [1.54, 1.807) is 4.90 Å². The zero-order valence-electron chi connectivity index (χ0n) is 19.8. The first-order valence-corrected chi connectivity index (χ1v) is 12.4. The summed E-state index contributed by atoms with van der Waals surface area (Å²) in [6, 6.07) is 5.53. The summed E-state index contributed by atoms with van der Waals surface area (Å²) in [6.45, 7) is 7.99. The van der Waals surface area contributed by atoms with Gasteiger partial charge in [-0.25, -0.2) is 0 Å². The monoisotopic (exact) mass is 463 g/mol. The standard InChI is InChI=1S/C26H33N5O3/c1-3-30-15-18(14-28-30)13-27-22-6-4-5-7-24(22)34-20-9-10-21-19(12-20)16-31(26(21)33)23-11-8-17(2)29-25(23)32/h9-10,12,14-15,22-24,27H,2-8,11,13,16H2,1H3,(H,29,32)/t22-,23?,24-/m0/s1. The first-order valence-electron chi connectivity index (χ1n) is 12.4. The Bertz CT molecular complexity index is 1090. The Morgan fingerprint density at radius 2 is 2.09 bits per heavy atom. The number of carbonyl (C=O) groups is 2. The molecule has 1 aliphatic carbocycles. The minimum atomic E-state index is -0.446. The fourth-order valence-corrected chi connectivity index (χ4v) is 5.27. The summed E-state index contributed by atoms with van der Waals surface area (Å²) in [5.41, 5.74) is 3.48. The molecular weight excluding hydrogens is 430 g/mol. The smallest absolute Gasteiger partial charge is 0.255 e. The summed E-state index contributed by atoms with van der Waals surface area (Å²) in [4.78, 5) is 27.1. The normalized spacial score (nSPS) is 24.8. The second-order valence-electron chi connectivity index (χ2n) is 9.53. The van der Waals surface area contributed by atoms with Gasteiger partial charge in [-0.15, -0.1) is 0 Å². The minimum absolute atomic E-state index is 0.0800. The van der Waals surface area contributed by atoms with Crippen LogP contribution in [0.4, 0.5) is 0 Å². The molecule has 8 heteroatoms. The maximum atomic E-state index is 13.0. The van der Waals surface area contributed by atoms with Crippen molar-refractivity contribution in [3.05, 3.63) is 59.6 Å². The molecular formula is C26H33N5O3. The Balaban J connectivity index is 1.24. The number of nitrogens with one attached hydrogen (secondary N) is 2. The van der Waals surface area contributed by atoms with Gasteiger partial charge in [0, 0.05) is 48.7 Å². The number of carbonyl (C=O) groups excluding carboxylic acids is 2. The van der Waals surface area contributed by atoms with Crippen LogP contribution in [0.15, 0.2) is 42.9 Å². The van der Waals surface area contributed by atoms with E-state index in [0.717, 1.165) is 49.4 Å². The Labute approximate surface area is 200 Å². The van der Waals surface area contributed by atoms with Gasteiger partial charge in [0.1, 0.15) is 17.9 Å². The highest BCUT2D eigenvalue weighted by Crippen LogP contribution is 2.32. The van der Waals surface area contributed by atoms with Crippen LogP contribution in [0.25, 0.3) is 0 Å². The van der Waals surface area contributed by atoms with Gasteiger partial charge >= 0.3 is 0 Å². The number of aromatic nitrogens is 2. The van der Waals surface area contributed by atoms with Crippen LogP contribution >= 0.6 is 0 Å². The first kappa shape index (κ1) is 22.7. The van der Waals surface area contributed by atoms with E-state index in [2.05, 4.69) is 35.4 Å². The average Bonchev–Trinajstić information content (AvgIpc) is 3.43. The second kappa shape index (κ2) is 9.62. The third kappa shape index (κ3) is 4.59.